The van der Waals surface area contributed by atoms with Gasteiger partial charge in [0.15, 0.2) is 11.9 Å². The molecule has 0 aromatic heterocycles. The molecule has 0 spiro atoms. The van der Waals surface area contributed by atoms with Crippen molar-refractivity contribution in [3.8, 4) is 5.75 Å². The third-order valence-corrected chi connectivity index (χ3v) is 4.05. The maximum absolute atomic E-state index is 12.6. The summed E-state index contributed by atoms with van der Waals surface area (Å²) in [5.41, 5.74) is 4.55. The second-order valence-electron chi connectivity index (χ2n) is 5.96. The molecule has 0 unspecified atom stereocenters. The molecule has 0 aliphatic heterocycles. The van der Waals surface area contributed by atoms with Gasteiger partial charge >= 0.3 is 0 Å². The minimum absolute atomic E-state index is 0.00595. The molecule has 0 bridgehead atoms. The Morgan fingerprint density at radius 2 is 1.48 bits per heavy atom. The van der Waals surface area contributed by atoms with Crippen LogP contribution in [0.3, 0.4) is 0 Å². The van der Waals surface area contributed by atoms with E-state index >= 15 is 0 Å². The molecule has 0 aliphatic rings. The highest BCUT2D eigenvalue weighted by Crippen LogP contribution is 2.20. The van der Waals surface area contributed by atoms with Crippen LogP contribution in [-0.4, -0.2) is 17.7 Å². The zero-order chi connectivity index (χ0) is 17.1. The Kier molecular flexibility index (Phi) is 4.99. The van der Waals surface area contributed by atoms with Gasteiger partial charge in [0.1, 0.15) is 5.75 Å². The average Bonchev–Trinajstić information content (AvgIpc) is 2.50. The zero-order valence-electron chi connectivity index (χ0n) is 14.3. The minimum Gasteiger partial charge on any atom is -0.483 e. The number of hydrogen-bond donors (Lipinski definition) is 0. The summed E-state index contributed by atoms with van der Waals surface area (Å²) in [5.74, 6) is 0.546. The Bertz CT molecular complexity index is 742. The molecule has 2 aromatic rings. The Balaban J connectivity index is 2.17. The summed E-state index contributed by atoms with van der Waals surface area (Å²) in [7, 11) is 0. The first-order valence-electron chi connectivity index (χ1n) is 7.69. The fourth-order valence-electron chi connectivity index (χ4n) is 2.47. The van der Waals surface area contributed by atoms with Crippen molar-refractivity contribution in [2.24, 2.45) is 0 Å². The number of carbonyl (C=O) groups excluding carboxylic acids is 2. The lowest BCUT2D eigenvalue weighted by Crippen LogP contribution is -2.24. The van der Waals surface area contributed by atoms with Crippen molar-refractivity contribution in [2.45, 2.75) is 40.7 Å². The normalized spacial score (nSPS) is 11.9. The molecule has 0 N–H and O–H groups in total. The smallest absolute Gasteiger partial charge is 0.203 e. The second kappa shape index (κ2) is 6.78. The standard InChI is InChI=1S/C20H22O3/c1-12-10-14(3)19(11-13(12)2)20(22)16(5)23-18-8-6-17(7-9-18)15(4)21/h6-11,16H,1-5H3/t16-/m1/s1. The van der Waals surface area contributed by atoms with Gasteiger partial charge in [0.2, 0.25) is 5.78 Å². The van der Waals surface area contributed by atoms with Crippen LogP contribution in [0.15, 0.2) is 36.4 Å². The number of Topliss-reactive ketones (excluding diaryl/α,β-unsaturated/α-hetero) is 2. The van der Waals surface area contributed by atoms with Crippen LogP contribution in [0.4, 0.5) is 0 Å². The molecule has 0 heterocycles. The molecule has 23 heavy (non-hydrogen) atoms. The van der Waals surface area contributed by atoms with Gasteiger partial charge in [0.25, 0.3) is 0 Å². The van der Waals surface area contributed by atoms with Gasteiger partial charge in [0.05, 0.1) is 0 Å². The van der Waals surface area contributed by atoms with Gasteiger partial charge in [-0.3, -0.25) is 9.59 Å². The summed E-state index contributed by atoms with van der Waals surface area (Å²) in [4.78, 5) is 23.9. The van der Waals surface area contributed by atoms with Crippen LogP contribution in [0.1, 0.15) is 51.3 Å². The second-order valence-corrected chi connectivity index (χ2v) is 5.96. The first-order chi connectivity index (χ1) is 10.8. The summed E-state index contributed by atoms with van der Waals surface area (Å²) in [6, 6.07) is 10.8. The first kappa shape index (κ1) is 16.9. The molecule has 2 aromatic carbocycles. The molecule has 0 fully saturated rings. The topological polar surface area (TPSA) is 43.4 Å². The molecular formula is C20H22O3. The molecule has 0 radical (unpaired) electrons. The zero-order valence-corrected chi connectivity index (χ0v) is 14.3. The van der Waals surface area contributed by atoms with Crippen molar-refractivity contribution in [2.75, 3.05) is 0 Å². The fourth-order valence-corrected chi connectivity index (χ4v) is 2.47. The van der Waals surface area contributed by atoms with Gasteiger partial charge in [0, 0.05) is 11.1 Å². The van der Waals surface area contributed by atoms with Gasteiger partial charge < -0.3 is 4.74 Å². The van der Waals surface area contributed by atoms with E-state index < -0.39 is 6.10 Å². The van der Waals surface area contributed by atoms with E-state index in [0.29, 0.717) is 16.9 Å². The van der Waals surface area contributed by atoms with Gasteiger partial charge in [-0.05, 0) is 81.6 Å². The number of ketones is 2. The molecule has 0 saturated carbocycles. The average molecular weight is 310 g/mol. The summed E-state index contributed by atoms with van der Waals surface area (Å²) in [6.07, 6.45) is -0.584. The van der Waals surface area contributed by atoms with Crippen LogP contribution in [0.5, 0.6) is 5.75 Å². The van der Waals surface area contributed by atoms with Gasteiger partial charge in [-0.1, -0.05) is 6.07 Å². The lowest BCUT2D eigenvalue weighted by atomic mass is 9.96. The quantitative estimate of drug-likeness (QED) is 0.766. The van der Waals surface area contributed by atoms with Gasteiger partial charge in [-0.25, -0.2) is 0 Å². The van der Waals surface area contributed by atoms with Crippen molar-refractivity contribution >= 4 is 11.6 Å². The Labute approximate surface area is 137 Å². The number of rotatable bonds is 5. The van der Waals surface area contributed by atoms with Crippen LogP contribution in [0, 0.1) is 20.8 Å². The summed E-state index contributed by atoms with van der Waals surface area (Å²) in [5, 5.41) is 0. The van der Waals surface area contributed by atoms with Crippen molar-refractivity contribution in [3.63, 3.8) is 0 Å². The van der Waals surface area contributed by atoms with Gasteiger partial charge in [-0.2, -0.15) is 0 Å². The monoisotopic (exact) mass is 310 g/mol. The maximum Gasteiger partial charge on any atom is 0.203 e. The van der Waals surface area contributed by atoms with Crippen LogP contribution in [0.2, 0.25) is 0 Å². The van der Waals surface area contributed by atoms with E-state index in [4.69, 9.17) is 4.74 Å². The van der Waals surface area contributed by atoms with Crippen molar-refractivity contribution < 1.29 is 14.3 Å². The van der Waals surface area contributed by atoms with E-state index in [9.17, 15) is 9.59 Å². The predicted molar refractivity (Wildman–Crippen MR) is 91.5 cm³/mol. The predicted octanol–water partition coefficient (Wildman–Crippen LogP) is 4.46. The largest absolute Gasteiger partial charge is 0.483 e. The van der Waals surface area contributed by atoms with Crippen molar-refractivity contribution in [1.29, 1.82) is 0 Å². The lowest BCUT2D eigenvalue weighted by molar-refractivity contribution is 0.0817. The third kappa shape index (κ3) is 3.86. The molecule has 2 rings (SSSR count). The van der Waals surface area contributed by atoms with Crippen LogP contribution >= 0.6 is 0 Å². The van der Waals surface area contributed by atoms with Crippen LogP contribution < -0.4 is 4.74 Å². The molecule has 0 aliphatic carbocycles. The molecule has 0 amide bonds. The highest BCUT2D eigenvalue weighted by molar-refractivity contribution is 6.01. The summed E-state index contributed by atoms with van der Waals surface area (Å²) < 4.78 is 5.73. The van der Waals surface area contributed by atoms with E-state index in [0.717, 1.165) is 11.1 Å². The number of hydrogen-bond acceptors (Lipinski definition) is 3. The van der Waals surface area contributed by atoms with E-state index in [2.05, 4.69) is 0 Å². The Hall–Kier alpha value is -2.42. The van der Waals surface area contributed by atoms with E-state index in [1.807, 2.05) is 32.9 Å². The fraction of sp³-hybridized carbons (Fsp3) is 0.300. The Morgan fingerprint density at radius 3 is 2.04 bits per heavy atom. The van der Waals surface area contributed by atoms with E-state index in [-0.39, 0.29) is 11.6 Å². The molecular weight excluding hydrogens is 288 g/mol. The van der Waals surface area contributed by atoms with E-state index in [1.54, 1.807) is 31.2 Å². The number of benzene rings is 2. The first-order valence-corrected chi connectivity index (χ1v) is 7.69. The third-order valence-electron chi connectivity index (χ3n) is 4.05. The van der Waals surface area contributed by atoms with Crippen molar-refractivity contribution in [1.82, 2.24) is 0 Å². The van der Waals surface area contributed by atoms with E-state index in [1.165, 1.54) is 12.5 Å². The summed E-state index contributed by atoms with van der Waals surface area (Å²) in [6.45, 7) is 9.24. The molecule has 0 saturated heterocycles. The number of aryl methyl sites for hydroxylation is 3. The Morgan fingerprint density at radius 1 is 0.913 bits per heavy atom. The molecule has 1 atom stereocenters. The van der Waals surface area contributed by atoms with Gasteiger partial charge in [-0.15, -0.1) is 0 Å². The van der Waals surface area contributed by atoms with Crippen LogP contribution in [-0.2, 0) is 0 Å². The van der Waals surface area contributed by atoms with Crippen LogP contribution in [0.25, 0.3) is 0 Å². The minimum atomic E-state index is -0.584. The maximum atomic E-state index is 12.6. The molecule has 3 heteroatoms. The lowest BCUT2D eigenvalue weighted by Gasteiger charge is -2.16. The van der Waals surface area contributed by atoms with Crippen molar-refractivity contribution in [3.05, 3.63) is 64.2 Å². The number of ether oxygens (including phenoxy) is 1. The highest BCUT2D eigenvalue weighted by Gasteiger charge is 2.19. The summed E-state index contributed by atoms with van der Waals surface area (Å²) >= 11 is 0. The SMILES string of the molecule is CC(=O)c1ccc(O[C@H](C)C(=O)c2cc(C)c(C)cc2C)cc1. The number of carbonyl (C=O) groups is 2. The highest BCUT2D eigenvalue weighted by atomic mass is 16.5. The molecule has 3 nitrogen and oxygen atoms in total. The molecule has 120 valence electrons.